The zero-order valence-corrected chi connectivity index (χ0v) is 12.2. The average Bonchev–Trinajstić information content (AvgIpc) is 3.06. The summed E-state index contributed by atoms with van der Waals surface area (Å²) < 4.78 is 0.938. The van der Waals surface area contributed by atoms with Gasteiger partial charge in [0, 0.05) is 10.9 Å². The van der Waals surface area contributed by atoms with Gasteiger partial charge in [0.05, 0.1) is 27.8 Å². The van der Waals surface area contributed by atoms with Crippen molar-refractivity contribution in [2.75, 3.05) is 5.32 Å². The van der Waals surface area contributed by atoms with Crippen molar-refractivity contribution in [1.82, 2.24) is 9.97 Å². The van der Waals surface area contributed by atoms with E-state index in [1.807, 2.05) is 0 Å². The van der Waals surface area contributed by atoms with Crippen LogP contribution in [0.15, 0.2) is 29.1 Å². The van der Waals surface area contributed by atoms with E-state index in [1.54, 1.807) is 29.1 Å². The number of carboxylic acid groups (broad SMARTS) is 1. The standard InChI is InChI=1S/C13H9N3O3S2/c17-11(18)4-8-5-20-13(15-8)16-12(19)7-1-2-9-10(3-7)21-6-14-9/h1-3,5-6H,4H2,(H,17,18)(H,15,16,19). The van der Waals surface area contributed by atoms with E-state index >= 15 is 0 Å². The van der Waals surface area contributed by atoms with Crippen LogP contribution in [0, 0.1) is 0 Å². The Morgan fingerprint density at radius 3 is 2.95 bits per heavy atom. The Balaban J connectivity index is 1.76. The van der Waals surface area contributed by atoms with Crippen LogP contribution in [-0.2, 0) is 11.2 Å². The molecular weight excluding hydrogens is 310 g/mol. The van der Waals surface area contributed by atoms with E-state index in [0.717, 1.165) is 10.2 Å². The molecule has 0 aliphatic carbocycles. The number of amides is 1. The molecule has 21 heavy (non-hydrogen) atoms. The van der Waals surface area contributed by atoms with Gasteiger partial charge in [-0.3, -0.25) is 14.9 Å². The predicted molar refractivity (Wildman–Crippen MR) is 81.0 cm³/mol. The zero-order chi connectivity index (χ0) is 14.8. The van der Waals surface area contributed by atoms with E-state index in [2.05, 4.69) is 15.3 Å². The number of carboxylic acids is 1. The van der Waals surface area contributed by atoms with Crippen LogP contribution in [0.1, 0.15) is 16.1 Å². The van der Waals surface area contributed by atoms with Gasteiger partial charge in [-0.05, 0) is 18.2 Å². The topological polar surface area (TPSA) is 92.2 Å². The fraction of sp³-hybridized carbons (Fsp3) is 0.0769. The lowest BCUT2D eigenvalue weighted by atomic mass is 10.2. The number of carbonyl (C=O) groups excluding carboxylic acids is 1. The van der Waals surface area contributed by atoms with Crippen molar-refractivity contribution in [3.63, 3.8) is 0 Å². The highest BCUT2D eigenvalue weighted by atomic mass is 32.1. The fourth-order valence-corrected chi connectivity index (χ4v) is 3.19. The molecular formula is C13H9N3O3S2. The second-order valence-corrected chi connectivity index (χ2v) is 5.95. The highest BCUT2D eigenvalue weighted by Gasteiger charge is 2.11. The average molecular weight is 319 g/mol. The third kappa shape index (κ3) is 3.06. The summed E-state index contributed by atoms with van der Waals surface area (Å²) in [5.41, 5.74) is 3.53. The summed E-state index contributed by atoms with van der Waals surface area (Å²) in [5.74, 6) is -1.23. The molecule has 0 saturated carbocycles. The molecule has 3 aromatic rings. The van der Waals surface area contributed by atoms with Crippen LogP contribution in [0.25, 0.3) is 10.2 Å². The van der Waals surface area contributed by atoms with E-state index < -0.39 is 5.97 Å². The van der Waals surface area contributed by atoms with Gasteiger partial charge in [-0.25, -0.2) is 9.97 Å². The lowest BCUT2D eigenvalue weighted by Gasteiger charge is -2.01. The monoisotopic (exact) mass is 319 g/mol. The highest BCUT2D eigenvalue weighted by Crippen LogP contribution is 2.21. The van der Waals surface area contributed by atoms with Gasteiger partial charge < -0.3 is 5.11 Å². The quantitative estimate of drug-likeness (QED) is 0.771. The number of aliphatic carboxylic acids is 1. The number of benzene rings is 1. The third-order valence-electron chi connectivity index (χ3n) is 2.70. The van der Waals surface area contributed by atoms with Crippen molar-refractivity contribution in [3.05, 3.63) is 40.3 Å². The van der Waals surface area contributed by atoms with Crippen LogP contribution in [0.2, 0.25) is 0 Å². The minimum Gasteiger partial charge on any atom is -0.481 e. The summed E-state index contributed by atoms with van der Waals surface area (Å²) in [4.78, 5) is 30.9. The lowest BCUT2D eigenvalue weighted by Crippen LogP contribution is -2.11. The first-order valence-electron chi connectivity index (χ1n) is 5.92. The number of rotatable bonds is 4. The molecule has 0 bridgehead atoms. The Morgan fingerprint density at radius 1 is 1.29 bits per heavy atom. The number of carbonyl (C=O) groups is 2. The summed E-state index contributed by atoms with van der Waals surface area (Å²) in [7, 11) is 0. The summed E-state index contributed by atoms with van der Waals surface area (Å²) in [5, 5.41) is 13.4. The van der Waals surface area contributed by atoms with Crippen LogP contribution in [0.5, 0.6) is 0 Å². The highest BCUT2D eigenvalue weighted by molar-refractivity contribution is 7.16. The van der Waals surface area contributed by atoms with Crippen LogP contribution >= 0.6 is 22.7 Å². The Kier molecular flexibility index (Phi) is 3.63. The van der Waals surface area contributed by atoms with Crippen LogP contribution in [0.4, 0.5) is 5.13 Å². The van der Waals surface area contributed by atoms with Gasteiger partial charge in [0.25, 0.3) is 5.91 Å². The molecule has 8 heteroatoms. The number of nitrogens with one attached hydrogen (secondary N) is 1. The Bertz CT molecular complexity index is 825. The molecule has 0 aliphatic heterocycles. The fourth-order valence-electron chi connectivity index (χ4n) is 1.77. The summed E-state index contributed by atoms with van der Waals surface area (Å²) >= 11 is 2.67. The van der Waals surface area contributed by atoms with Gasteiger partial charge >= 0.3 is 5.97 Å². The molecule has 0 saturated heterocycles. The summed E-state index contributed by atoms with van der Waals surface area (Å²) in [6.45, 7) is 0. The van der Waals surface area contributed by atoms with Crippen molar-refractivity contribution < 1.29 is 14.7 Å². The number of fused-ring (bicyclic) bond motifs is 1. The minimum atomic E-state index is -0.950. The molecule has 1 aromatic carbocycles. The molecule has 0 fully saturated rings. The predicted octanol–water partition coefficient (Wildman–Crippen LogP) is 2.63. The smallest absolute Gasteiger partial charge is 0.309 e. The molecule has 0 aliphatic rings. The van der Waals surface area contributed by atoms with Crippen molar-refractivity contribution in [3.8, 4) is 0 Å². The second-order valence-electron chi connectivity index (χ2n) is 4.20. The van der Waals surface area contributed by atoms with Crippen molar-refractivity contribution >= 4 is 49.9 Å². The Morgan fingerprint density at radius 2 is 2.14 bits per heavy atom. The van der Waals surface area contributed by atoms with Gasteiger partial charge in [-0.2, -0.15) is 0 Å². The first-order chi connectivity index (χ1) is 10.1. The van der Waals surface area contributed by atoms with Gasteiger partial charge in [-0.1, -0.05) is 0 Å². The SMILES string of the molecule is O=C(O)Cc1csc(NC(=O)c2ccc3ncsc3c2)n1. The van der Waals surface area contributed by atoms with E-state index in [4.69, 9.17) is 5.11 Å². The Labute approximate surface area is 127 Å². The van der Waals surface area contributed by atoms with Crippen LogP contribution in [0.3, 0.4) is 0 Å². The summed E-state index contributed by atoms with van der Waals surface area (Å²) in [6, 6.07) is 5.26. The van der Waals surface area contributed by atoms with E-state index in [0.29, 0.717) is 16.4 Å². The molecule has 0 spiro atoms. The van der Waals surface area contributed by atoms with Crippen LogP contribution in [-0.4, -0.2) is 27.0 Å². The molecule has 2 heterocycles. The number of thiazole rings is 2. The van der Waals surface area contributed by atoms with Crippen molar-refractivity contribution in [2.24, 2.45) is 0 Å². The molecule has 2 N–H and O–H groups in total. The number of anilines is 1. The first kappa shape index (κ1) is 13.7. The van der Waals surface area contributed by atoms with E-state index in [-0.39, 0.29) is 12.3 Å². The number of nitrogens with zero attached hydrogens (tertiary/aromatic N) is 2. The van der Waals surface area contributed by atoms with Gasteiger partial charge in [0.2, 0.25) is 0 Å². The van der Waals surface area contributed by atoms with E-state index in [1.165, 1.54) is 22.7 Å². The Hall–Kier alpha value is -2.32. The zero-order valence-electron chi connectivity index (χ0n) is 10.6. The molecule has 1 amide bonds. The summed E-state index contributed by atoms with van der Waals surface area (Å²) in [6.07, 6.45) is -0.154. The lowest BCUT2D eigenvalue weighted by molar-refractivity contribution is -0.136. The molecule has 2 aromatic heterocycles. The number of aromatic nitrogens is 2. The van der Waals surface area contributed by atoms with Gasteiger partial charge in [0.15, 0.2) is 5.13 Å². The normalized spacial score (nSPS) is 10.7. The van der Waals surface area contributed by atoms with Crippen LogP contribution < -0.4 is 5.32 Å². The molecule has 0 unspecified atom stereocenters. The third-order valence-corrected chi connectivity index (χ3v) is 4.30. The maximum Gasteiger partial charge on any atom is 0.309 e. The minimum absolute atomic E-state index is 0.154. The van der Waals surface area contributed by atoms with Gasteiger partial charge in [0.1, 0.15) is 0 Å². The molecule has 106 valence electrons. The number of hydrogen-bond acceptors (Lipinski definition) is 6. The molecule has 0 radical (unpaired) electrons. The molecule has 0 atom stereocenters. The molecule has 6 nitrogen and oxygen atoms in total. The van der Waals surface area contributed by atoms with Gasteiger partial charge in [-0.15, -0.1) is 22.7 Å². The number of hydrogen-bond donors (Lipinski definition) is 2. The maximum absolute atomic E-state index is 12.1. The van der Waals surface area contributed by atoms with Crippen molar-refractivity contribution in [1.29, 1.82) is 0 Å². The first-order valence-corrected chi connectivity index (χ1v) is 7.68. The van der Waals surface area contributed by atoms with E-state index in [9.17, 15) is 9.59 Å². The second kappa shape index (κ2) is 5.58. The maximum atomic E-state index is 12.1. The molecule has 3 rings (SSSR count). The van der Waals surface area contributed by atoms with Crippen molar-refractivity contribution in [2.45, 2.75) is 6.42 Å². The largest absolute Gasteiger partial charge is 0.481 e.